The zero-order valence-corrected chi connectivity index (χ0v) is 15.6. The van der Waals surface area contributed by atoms with Crippen LogP contribution in [-0.4, -0.2) is 73.1 Å². The van der Waals surface area contributed by atoms with Crippen molar-refractivity contribution in [2.45, 2.75) is 25.8 Å². The van der Waals surface area contributed by atoms with E-state index in [1.54, 1.807) is 36.1 Å². The number of hydrogen-bond acceptors (Lipinski definition) is 5. The van der Waals surface area contributed by atoms with E-state index in [1.807, 2.05) is 4.90 Å². The molecular weight excluding hydrogens is 348 g/mol. The molecule has 1 aliphatic carbocycles. The molecule has 146 valence electrons. The highest BCUT2D eigenvalue weighted by Crippen LogP contribution is 2.20. The first kappa shape index (κ1) is 19.2. The molecule has 1 aliphatic heterocycles. The molecule has 0 unspecified atom stereocenters. The molecule has 1 heterocycles. The second-order valence-electron chi connectivity index (χ2n) is 6.84. The van der Waals surface area contributed by atoms with Crippen LogP contribution in [0.15, 0.2) is 24.3 Å². The van der Waals surface area contributed by atoms with Crippen LogP contribution < -0.4 is 10.6 Å². The van der Waals surface area contributed by atoms with E-state index in [9.17, 15) is 14.4 Å². The van der Waals surface area contributed by atoms with Gasteiger partial charge in [-0.25, -0.2) is 4.79 Å². The van der Waals surface area contributed by atoms with Gasteiger partial charge in [0.05, 0.1) is 13.2 Å². The van der Waals surface area contributed by atoms with E-state index in [0.29, 0.717) is 50.1 Å². The highest BCUT2D eigenvalue weighted by molar-refractivity contribution is 5.97. The lowest BCUT2D eigenvalue weighted by Crippen LogP contribution is -2.50. The molecule has 3 amide bonds. The van der Waals surface area contributed by atoms with Crippen LogP contribution in [0.3, 0.4) is 0 Å². The Kier molecular flexibility index (Phi) is 6.28. The molecule has 1 saturated carbocycles. The average molecular weight is 374 g/mol. The van der Waals surface area contributed by atoms with Crippen molar-refractivity contribution in [3.05, 3.63) is 29.8 Å². The number of benzene rings is 1. The number of carbonyl (C=O) groups is 3. The maximum Gasteiger partial charge on any atom is 0.409 e. The van der Waals surface area contributed by atoms with Crippen molar-refractivity contribution in [3.8, 4) is 0 Å². The van der Waals surface area contributed by atoms with Gasteiger partial charge in [-0.05, 0) is 38.0 Å². The zero-order chi connectivity index (χ0) is 19.2. The van der Waals surface area contributed by atoms with Crippen LogP contribution in [-0.2, 0) is 9.53 Å². The second kappa shape index (κ2) is 8.85. The van der Waals surface area contributed by atoms with Crippen molar-refractivity contribution < 1.29 is 19.1 Å². The van der Waals surface area contributed by atoms with Gasteiger partial charge in [0.25, 0.3) is 5.91 Å². The van der Waals surface area contributed by atoms with Gasteiger partial charge in [0.2, 0.25) is 5.91 Å². The quantitative estimate of drug-likeness (QED) is 0.783. The first-order chi connectivity index (χ1) is 13.0. The minimum atomic E-state index is -0.303. The van der Waals surface area contributed by atoms with Crippen LogP contribution in [0, 0.1) is 0 Å². The smallest absolute Gasteiger partial charge is 0.409 e. The number of amides is 3. The highest BCUT2D eigenvalue weighted by atomic mass is 16.6. The van der Waals surface area contributed by atoms with Crippen molar-refractivity contribution in [3.63, 3.8) is 0 Å². The SMILES string of the molecule is CCOC(=O)N1CCN(CC(=O)Nc2cccc(C(=O)NC3CC3)c2)CC1. The second-order valence-corrected chi connectivity index (χ2v) is 6.84. The molecule has 2 fully saturated rings. The van der Waals surface area contributed by atoms with Crippen LogP contribution in [0.25, 0.3) is 0 Å². The Hall–Kier alpha value is -2.61. The Bertz CT molecular complexity index is 697. The lowest BCUT2D eigenvalue weighted by molar-refractivity contribution is -0.117. The molecule has 8 nitrogen and oxygen atoms in total. The third-order valence-corrected chi connectivity index (χ3v) is 4.59. The van der Waals surface area contributed by atoms with Gasteiger partial charge in [-0.15, -0.1) is 0 Å². The van der Waals surface area contributed by atoms with Crippen LogP contribution in [0.2, 0.25) is 0 Å². The van der Waals surface area contributed by atoms with Crippen molar-refractivity contribution in [2.24, 2.45) is 0 Å². The Balaban J connectivity index is 1.45. The number of carbonyl (C=O) groups excluding carboxylic acids is 3. The number of hydrogen-bond donors (Lipinski definition) is 2. The summed E-state index contributed by atoms with van der Waals surface area (Å²) in [5.74, 6) is -0.247. The maximum absolute atomic E-state index is 12.3. The van der Waals surface area contributed by atoms with Gasteiger partial charge in [-0.1, -0.05) is 6.07 Å². The Morgan fingerprint density at radius 1 is 1.15 bits per heavy atom. The summed E-state index contributed by atoms with van der Waals surface area (Å²) in [6.45, 7) is 4.72. The summed E-state index contributed by atoms with van der Waals surface area (Å²) in [6, 6.07) is 7.25. The van der Waals surface area contributed by atoms with Crippen LogP contribution in [0.4, 0.5) is 10.5 Å². The molecule has 1 saturated heterocycles. The summed E-state index contributed by atoms with van der Waals surface area (Å²) in [5.41, 5.74) is 1.15. The van der Waals surface area contributed by atoms with E-state index >= 15 is 0 Å². The summed E-state index contributed by atoms with van der Waals surface area (Å²) in [7, 11) is 0. The van der Waals surface area contributed by atoms with E-state index in [1.165, 1.54) is 0 Å². The molecule has 0 atom stereocenters. The lowest BCUT2D eigenvalue weighted by atomic mass is 10.2. The molecule has 3 rings (SSSR count). The molecule has 8 heteroatoms. The molecule has 2 N–H and O–H groups in total. The molecule has 0 spiro atoms. The van der Waals surface area contributed by atoms with Gasteiger partial charge in [0.15, 0.2) is 0 Å². The number of nitrogens with zero attached hydrogens (tertiary/aromatic N) is 2. The Morgan fingerprint density at radius 2 is 1.89 bits per heavy atom. The Labute approximate surface area is 158 Å². The Morgan fingerprint density at radius 3 is 2.56 bits per heavy atom. The first-order valence-corrected chi connectivity index (χ1v) is 9.40. The van der Waals surface area contributed by atoms with Gasteiger partial charge >= 0.3 is 6.09 Å². The predicted octanol–water partition coefficient (Wildman–Crippen LogP) is 1.29. The number of nitrogens with one attached hydrogen (secondary N) is 2. The third-order valence-electron chi connectivity index (χ3n) is 4.59. The van der Waals surface area contributed by atoms with Crippen molar-refractivity contribution in [1.82, 2.24) is 15.1 Å². The first-order valence-electron chi connectivity index (χ1n) is 9.40. The number of ether oxygens (including phenoxy) is 1. The largest absolute Gasteiger partial charge is 0.450 e. The van der Waals surface area contributed by atoms with Crippen molar-refractivity contribution >= 4 is 23.6 Å². The summed E-state index contributed by atoms with van der Waals surface area (Å²) in [6.07, 6.45) is 1.76. The van der Waals surface area contributed by atoms with E-state index in [-0.39, 0.29) is 24.5 Å². The maximum atomic E-state index is 12.3. The lowest BCUT2D eigenvalue weighted by Gasteiger charge is -2.33. The average Bonchev–Trinajstić information content (AvgIpc) is 3.46. The fourth-order valence-electron chi connectivity index (χ4n) is 2.94. The van der Waals surface area contributed by atoms with Crippen molar-refractivity contribution in [2.75, 3.05) is 44.6 Å². The van der Waals surface area contributed by atoms with Crippen molar-refractivity contribution in [1.29, 1.82) is 0 Å². The van der Waals surface area contributed by atoms with Gasteiger partial charge in [0, 0.05) is 43.5 Å². The molecular formula is C19H26N4O4. The fourth-order valence-corrected chi connectivity index (χ4v) is 2.94. The van der Waals surface area contributed by atoms with E-state index in [2.05, 4.69) is 10.6 Å². The van der Waals surface area contributed by atoms with Gasteiger partial charge in [-0.3, -0.25) is 14.5 Å². The highest BCUT2D eigenvalue weighted by Gasteiger charge is 2.24. The summed E-state index contributed by atoms with van der Waals surface area (Å²) >= 11 is 0. The molecule has 1 aromatic carbocycles. The summed E-state index contributed by atoms with van der Waals surface area (Å²) in [4.78, 5) is 39.8. The zero-order valence-electron chi connectivity index (χ0n) is 15.6. The van der Waals surface area contributed by atoms with Gasteiger partial charge in [-0.2, -0.15) is 0 Å². The standard InChI is InChI=1S/C19H26N4O4/c1-2-27-19(26)23-10-8-22(9-11-23)13-17(24)20-16-5-3-4-14(12-16)18(25)21-15-6-7-15/h3-5,12,15H,2,6-11,13H2,1H3,(H,20,24)(H,21,25). The minimum absolute atomic E-state index is 0.108. The topological polar surface area (TPSA) is 91.0 Å². The molecule has 1 aromatic rings. The number of piperazine rings is 1. The minimum Gasteiger partial charge on any atom is -0.450 e. The number of anilines is 1. The summed E-state index contributed by atoms with van der Waals surface area (Å²) in [5, 5.41) is 5.78. The molecule has 0 aromatic heterocycles. The predicted molar refractivity (Wildman–Crippen MR) is 101 cm³/mol. The van der Waals surface area contributed by atoms with Crippen LogP contribution in [0.5, 0.6) is 0 Å². The molecule has 2 aliphatic rings. The normalized spacial score (nSPS) is 17.3. The van der Waals surface area contributed by atoms with Crippen LogP contribution in [0.1, 0.15) is 30.1 Å². The summed E-state index contributed by atoms with van der Waals surface area (Å²) < 4.78 is 4.99. The molecule has 0 bridgehead atoms. The van der Waals surface area contributed by atoms with E-state index in [0.717, 1.165) is 12.8 Å². The number of rotatable bonds is 6. The molecule has 27 heavy (non-hydrogen) atoms. The monoisotopic (exact) mass is 374 g/mol. The van der Waals surface area contributed by atoms with Crippen LogP contribution >= 0.6 is 0 Å². The third kappa shape index (κ3) is 5.68. The fraction of sp³-hybridized carbons (Fsp3) is 0.526. The van der Waals surface area contributed by atoms with Gasteiger partial charge < -0.3 is 20.3 Å². The van der Waals surface area contributed by atoms with E-state index in [4.69, 9.17) is 4.74 Å². The van der Waals surface area contributed by atoms with Gasteiger partial charge in [0.1, 0.15) is 0 Å². The molecule has 0 radical (unpaired) electrons. The van der Waals surface area contributed by atoms with E-state index < -0.39 is 0 Å².